The van der Waals surface area contributed by atoms with E-state index < -0.39 is 0 Å². The van der Waals surface area contributed by atoms with E-state index in [4.69, 9.17) is 21.6 Å². The lowest BCUT2D eigenvalue weighted by Crippen LogP contribution is -1.94. The third-order valence-electron chi connectivity index (χ3n) is 1.42. The number of hydrogen-bond acceptors (Lipinski definition) is 3. The number of hydrogen-bond donors (Lipinski definition) is 0. The van der Waals surface area contributed by atoms with Crippen molar-refractivity contribution >= 4 is 11.6 Å². The second-order valence-electron chi connectivity index (χ2n) is 2.26. The van der Waals surface area contributed by atoms with Gasteiger partial charge in [0.25, 0.3) is 0 Å². The number of methoxy groups -OCH3 is 1. The maximum atomic E-state index is 8.58. The van der Waals surface area contributed by atoms with E-state index in [0.29, 0.717) is 10.9 Å². The van der Waals surface area contributed by atoms with Crippen LogP contribution in [0.25, 0.3) is 0 Å². The maximum absolute atomic E-state index is 8.58. The molecular weight excluding hydrogens is 176 g/mol. The van der Waals surface area contributed by atoms with E-state index in [0.717, 1.165) is 5.56 Å². The predicted octanol–water partition coefficient (Wildman–Crippen LogP) is 1.92. The molecule has 1 heterocycles. The molecule has 4 heteroatoms. The molecule has 0 aliphatic rings. The minimum Gasteiger partial charge on any atom is -0.481 e. The quantitative estimate of drug-likeness (QED) is 0.667. The molecule has 0 atom stereocenters. The average Bonchev–Trinajstić information content (AvgIpc) is 2.05. The second kappa shape index (κ2) is 3.42. The zero-order chi connectivity index (χ0) is 9.14. The van der Waals surface area contributed by atoms with E-state index in [-0.39, 0.29) is 5.69 Å². The lowest BCUT2D eigenvalue weighted by Gasteiger charge is -2.03. The highest BCUT2D eigenvalue weighted by Crippen LogP contribution is 2.21. The second-order valence-corrected chi connectivity index (χ2v) is 2.66. The van der Waals surface area contributed by atoms with E-state index in [1.165, 1.54) is 7.11 Å². The molecule has 0 N–H and O–H groups in total. The van der Waals surface area contributed by atoms with Crippen LogP contribution in [0.5, 0.6) is 5.88 Å². The van der Waals surface area contributed by atoms with Gasteiger partial charge in [-0.15, -0.1) is 0 Å². The van der Waals surface area contributed by atoms with Gasteiger partial charge in [-0.05, 0) is 13.0 Å². The van der Waals surface area contributed by atoms with Crippen LogP contribution in [0.2, 0.25) is 5.02 Å². The van der Waals surface area contributed by atoms with E-state index in [2.05, 4.69) is 4.98 Å². The van der Waals surface area contributed by atoms with Crippen molar-refractivity contribution in [3.05, 3.63) is 22.3 Å². The molecule has 12 heavy (non-hydrogen) atoms. The van der Waals surface area contributed by atoms with Crippen molar-refractivity contribution in [2.24, 2.45) is 0 Å². The summed E-state index contributed by atoms with van der Waals surface area (Å²) in [5.41, 5.74) is 1.01. The van der Waals surface area contributed by atoms with Gasteiger partial charge in [0, 0.05) is 5.56 Å². The Bertz CT molecular complexity index is 344. The molecule has 1 rings (SSSR count). The smallest absolute Gasteiger partial charge is 0.217 e. The Morgan fingerprint density at radius 2 is 2.33 bits per heavy atom. The van der Waals surface area contributed by atoms with Crippen LogP contribution in [-0.2, 0) is 0 Å². The highest BCUT2D eigenvalue weighted by molar-refractivity contribution is 6.31. The topological polar surface area (TPSA) is 45.9 Å². The lowest BCUT2D eigenvalue weighted by molar-refractivity contribution is 0.394. The Kier molecular flexibility index (Phi) is 2.51. The van der Waals surface area contributed by atoms with Crippen molar-refractivity contribution in [2.75, 3.05) is 7.11 Å². The van der Waals surface area contributed by atoms with E-state index in [9.17, 15) is 0 Å². The molecule has 62 valence electrons. The number of rotatable bonds is 1. The monoisotopic (exact) mass is 182 g/mol. The third-order valence-corrected chi connectivity index (χ3v) is 1.71. The fourth-order valence-electron chi connectivity index (χ4n) is 0.848. The van der Waals surface area contributed by atoms with Crippen LogP contribution in [0.15, 0.2) is 6.07 Å². The molecule has 0 amide bonds. The molecule has 0 spiro atoms. The van der Waals surface area contributed by atoms with Crippen molar-refractivity contribution < 1.29 is 4.74 Å². The largest absolute Gasteiger partial charge is 0.481 e. The van der Waals surface area contributed by atoms with Crippen molar-refractivity contribution in [1.82, 2.24) is 4.98 Å². The number of aryl methyl sites for hydroxylation is 1. The van der Waals surface area contributed by atoms with Gasteiger partial charge in [-0.2, -0.15) is 5.26 Å². The SMILES string of the molecule is COc1nc(C#N)c(Cl)cc1C. The molecule has 0 aromatic carbocycles. The van der Waals surface area contributed by atoms with Gasteiger partial charge in [0.2, 0.25) is 5.88 Å². The fraction of sp³-hybridized carbons (Fsp3) is 0.250. The molecule has 1 aromatic rings. The Morgan fingerprint density at radius 1 is 1.67 bits per heavy atom. The van der Waals surface area contributed by atoms with Crippen molar-refractivity contribution in [3.8, 4) is 11.9 Å². The summed E-state index contributed by atoms with van der Waals surface area (Å²) in [6.45, 7) is 1.82. The van der Waals surface area contributed by atoms with Gasteiger partial charge < -0.3 is 4.74 Å². The highest BCUT2D eigenvalue weighted by Gasteiger charge is 2.06. The van der Waals surface area contributed by atoms with Gasteiger partial charge in [-0.3, -0.25) is 0 Å². The molecule has 0 radical (unpaired) electrons. The van der Waals surface area contributed by atoms with Crippen LogP contribution < -0.4 is 4.74 Å². The Hall–Kier alpha value is -1.27. The standard InChI is InChI=1S/C8H7ClN2O/c1-5-3-6(9)7(4-10)11-8(5)12-2/h3H,1-2H3. The zero-order valence-electron chi connectivity index (χ0n) is 6.76. The van der Waals surface area contributed by atoms with Crippen LogP contribution >= 0.6 is 11.6 Å². The van der Waals surface area contributed by atoms with Crippen molar-refractivity contribution in [2.45, 2.75) is 6.92 Å². The number of pyridine rings is 1. The van der Waals surface area contributed by atoms with Gasteiger partial charge in [-0.25, -0.2) is 4.98 Å². The van der Waals surface area contributed by atoms with Gasteiger partial charge in [-0.1, -0.05) is 11.6 Å². The summed E-state index contributed by atoms with van der Waals surface area (Å²) in [6.07, 6.45) is 0. The van der Waals surface area contributed by atoms with Gasteiger partial charge in [0.1, 0.15) is 6.07 Å². The third kappa shape index (κ3) is 1.49. The first-order valence-corrected chi connectivity index (χ1v) is 3.68. The molecule has 0 fully saturated rings. The van der Waals surface area contributed by atoms with Gasteiger partial charge in [0.05, 0.1) is 12.1 Å². The van der Waals surface area contributed by atoms with E-state index in [1.54, 1.807) is 6.07 Å². The van der Waals surface area contributed by atoms with Crippen LogP contribution in [0.1, 0.15) is 11.3 Å². The first-order valence-electron chi connectivity index (χ1n) is 3.30. The molecule has 1 aromatic heterocycles. The summed E-state index contributed by atoms with van der Waals surface area (Å²) in [6, 6.07) is 3.53. The fourth-order valence-corrected chi connectivity index (χ4v) is 1.10. The van der Waals surface area contributed by atoms with Crippen LogP contribution in [0.4, 0.5) is 0 Å². The Labute approximate surface area is 75.6 Å². The summed E-state index contributed by atoms with van der Waals surface area (Å²) < 4.78 is 4.92. The summed E-state index contributed by atoms with van der Waals surface area (Å²) in [7, 11) is 1.50. The summed E-state index contributed by atoms with van der Waals surface area (Å²) in [4.78, 5) is 3.89. The van der Waals surface area contributed by atoms with E-state index >= 15 is 0 Å². The first-order chi connectivity index (χ1) is 5.69. The number of halogens is 1. The first kappa shape index (κ1) is 8.82. The molecule has 3 nitrogen and oxygen atoms in total. The van der Waals surface area contributed by atoms with Gasteiger partial charge >= 0.3 is 0 Å². The maximum Gasteiger partial charge on any atom is 0.217 e. The predicted molar refractivity (Wildman–Crippen MR) is 45.3 cm³/mol. The number of ether oxygens (including phenoxy) is 1. The minimum absolute atomic E-state index is 0.194. The Balaban J connectivity index is 3.30. The lowest BCUT2D eigenvalue weighted by atomic mass is 10.2. The van der Waals surface area contributed by atoms with Crippen molar-refractivity contribution in [1.29, 1.82) is 5.26 Å². The van der Waals surface area contributed by atoms with Crippen molar-refractivity contribution in [3.63, 3.8) is 0 Å². The van der Waals surface area contributed by atoms with Crippen LogP contribution in [0, 0.1) is 18.3 Å². The molecule has 0 bridgehead atoms. The molecule has 0 saturated heterocycles. The average molecular weight is 183 g/mol. The summed E-state index contributed by atoms with van der Waals surface area (Å²) in [5, 5.41) is 8.93. The van der Waals surface area contributed by atoms with Crippen LogP contribution in [-0.4, -0.2) is 12.1 Å². The molecular formula is C8H7ClN2O. The summed E-state index contributed by atoms with van der Waals surface area (Å²) in [5.74, 6) is 0.441. The number of nitriles is 1. The molecule has 0 aliphatic heterocycles. The van der Waals surface area contributed by atoms with Gasteiger partial charge in [0.15, 0.2) is 5.69 Å². The Morgan fingerprint density at radius 3 is 2.83 bits per heavy atom. The highest BCUT2D eigenvalue weighted by atomic mass is 35.5. The number of aromatic nitrogens is 1. The molecule has 0 saturated carbocycles. The van der Waals surface area contributed by atoms with E-state index in [1.807, 2.05) is 13.0 Å². The minimum atomic E-state index is 0.194. The molecule has 0 aliphatic carbocycles. The normalized spacial score (nSPS) is 9.17. The summed E-state index contributed by atoms with van der Waals surface area (Å²) >= 11 is 5.72. The number of nitrogens with zero attached hydrogens (tertiary/aromatic N) is 2. The molecule has 0 unspecified atom stereocenters. The zero-order valence-corrected chi connectivity index (χ0v) is 7.51. The van der Waals surface area contributed by atoms with Crippen LogP contribution in [0.3, 0.4) is 0 Å².